The van der Waals surface area contributed by atoms with Gasteiger partial charge in [0.05, 0.1) is 0 Å². The van der Waals surface area contributed by atoms with E-state index in [4.69, 9.17) is 17.3 Å². The van der Waals surface area contributed by atoms with Gasteiger partial charge in [0, 0.05) is 23.8 Å². The number of nitrogens with one attached hydrogen (secondary N) is 1. The lowest BCUT2D eigenvalue weighted by Gasteiger charge is -2.06. The maximum Gasteiger partial charge on any atom is 0.224 e. The van der Waals surface area contributed by atoms with Gasteiger partial charge in [-0.3, -0.25) is 0 Å². The molecule has 0 aliphatic heterocycles. The molecule has 1 heterocycles. The van der Waals surface area contributed by atoms with Gasteiger partial charge in [-0.1, -0.05) is 23.7 Å². The Morgan fingerprint density at radius 3 is 2.50 bits per heavy atom. The van der Waals surface area contributed by atoms with Crippen LogP contribution in [0, 0.1) is 0 Å². The zero-order chi connectivity index (χ0) is 11.5. The summed E-state index contributed by atoms with van der Waals surface area (Å²) in [4.78, 5) is 8.23. The number of nitrogens with two attached hydrogens (primary N) is 1. The zero-order valence-corrected chi connectivity index (χ0v) is 9.49. The number of benzene rings is 1. The van der Waals surface area contributed by atoms with E-state index in [1.54, 1.807) is 13.2 Å². The molecule has 16 heavy (non-hydrogen) atoms. The first-order chi connectivity index (χ1) is 7.70. The molecule has 5 heteroatoms. The van der Waals surface area contributed by atoms with Crippen LogP contribution in [-0.4, -0.2) is 17.0 Å². The largest absolute Gasteiger partial charge is 0.383 e. The molecule has 0 aliphatic rings. The highest BCUT2D eigenvalue weighted by Crippen LogP contribution is 2.25. The second-order valence-electron chi connectivity index (χ2n) is 3.25. The van der Waals surface area contributed by atoms with Gasteiger partial charge in [-0.05, 0) is 17.7 Å². The van der Waals surface area contributed by atoms with Gasteiger partial charge in [-0.2, -0.15) is 4.98 Å². The third kappa shape index (κ3) is 2.06. The molecule has 3 N–H and O–H groups in total. The van der Waals surface area contributed by atoms with Crippen molar-refractivity contribution in [1.82, 2.24) is 9.97 Å². The molecular weight excluding hydrogens is 224 g/mol. The monoisotopic (exact) mass is 234 g/mol. The summed E-state index contributed by atoms with van der Waals surface area (Å²) in [5.41, 5.74) is 7.59. The molecule has 1 aromatic carbocycles. The predicted octanol–water partition coefficient (Wildman–Crippen LogP) is 2.42. The van der Waals surface area contributed by atoms with Crippen molar-refractivity contribution in [2.24, 2.45) is 0 Å². The average molecular weight is 235 g/mol. The highest BCUT2D eigenvalue weighted by molar-refractivity contribution is 6.30. The highest BCUT2D eigenvalue weighted by Gasteiger charge is 2.05. The third-order valence-corrected chi connectivity index (χ3v) is 2.45. The Balaban J connectivity index is 2.44. The van der Waals surface area contributed by atoms with Gasteiger partial charge in [-0.15, -0.1) is 0 Å². The Kier molecular flexibility index (Phi) is 2.92. The Morgan fingerprint density at radius 1 is 1.25 bits per heavy atom. The molecule has 0 radical (unpaired) electrons. The summed E-state index contributed by atoms with van der Waals surface area (Å²) in [6.45, 7) is 0. The van der Waals surface area contributed by atoms with Crippen LogP contribution in [0.1, 0.15) is 0 Å². The summed E-state index contributed by atoms with van der Waals surface area (Å²) in [5.74, 6) is 0.955. The molecule has 1 aromatic heterocycles. The molecule has 82 valence electrons. The van der Waals surface area contributed by atoms with Crippen LogP contribution in [0.2, 0.25) is 5.02 Å². The first kappa shape index (κ1) is 10.7. The van der Waals surface area contributed by atoms with E-state index in [0.29, 0.717) is 16.8 Å². The molecular formula is C11H11ClN4. The number of hydrogen-bond acceptors (Lipinski definition) is 4. The highest BCUT2D eigenvalue weighted by atomic mass is 35.5. The molecule has 0 fully saturated rings. The standard InChI is InChI=1S/C11H11ClN4/c1-14-11-15-6-9(10(13)16-11)7-2-4-8(12)5-3-7/h2-6H,1H3,(H3,13,14,15,16). The number of rotatable bonds is 2. The molecule has 0 aliphatic carbocycles. The van der Waals surface area contributed by atoms with Crippen LogP contribution in [0.3, 0.4) is 0 Å². The lowest BCUT2D eigenvalue weighted by molar-refractivity contribution is 1.16. The maximum absolute atomic E-state index is 5.84. The summed E-state index contributed by atoms with van der Waals surface area (Å²) in [7, 11) is 1.75. The first-order valence-electron chi connectivity index (χ1n) is 4.77. The summed E-state index contributed by atoms with van der Waals surface area (Å²) in [5, 5.41) is 3.52. The Hall–Kier alpha value is -1.81. The van der Waals surface area contributed by atoms with Crippen LogP contribution in [0.5, 0.6) is 0 Å². The van der Waals surface area contributed by atoms with E-state index in [0.717, 1.165) is 11.1 Å². The quantitative estimate of drug-likeness (QED) is 0.838. The van der Waals surface area contributed by atoms with E-state index in [-0.39, 0.29) is 0 Å². The number of halogens is 1. The molecule has 0 spiro atoms. The number of hydrogen-bond donors (Lipinski definition) is 2. The van der Waals surface area contributed by atoms with Gasteiger partial charge in [0.15, 0.2) is 0 Å². The first-order valence-corrected chi connectivity index (χ1v) is 5.14. The molecule has 0 saturated carbocycles. The maximum atomic E-state index is 5.84. The molecule has 4 nitrogen and oxygen atoms in total. The number of anilines is 2. The topological polar surface area (TPSA) is 63.8 Å². The van der Waals surface area contributed by atoms with Crippen molar-refractivity contribution in [2.45, 2.75) is 0 Å². The van der Waals surface area contributed by atoms with Crippen molar-refractivity contribution in [3.63, 3.8) is 0 Å². The summed E-state index contributed by atoms with van der Waals surface area (Å²) in [6, 6.07) is 7.39. The molecule has 0 bridgehead atoms. The molecule has 0 saturated heterocycles. The Labute approximate surface area is 98.5 Å². The minimum Gasteiger partial charge on any atom is -0.383 e. The van der Waals surface area contributed by atoms with Crippen LogP contribution >= 0.6 is 11.6 Å². The van der Waals surface area contributed by atoms with Crippen molar-refractivity contribution in [2.75, 3.05) is 18.1 Å². The third-order valence-electron chi connectivity index (χ3n) is 2.20. The SMILES string of the molecule is CNc1ncc(-c2ccc(Cl)cc2)c(N)n1. The van der Waals surface area contributed by atoms with Crippen LogP contribution in [0.15, 0.2) is 30.5 Å². The fourth-order valence-corrected chi connectivity index (χ4v) is 1.49. The molecule has 0 unspecified atom stereocenters. The van der Waals surface area contributed by atoms with Crippen LogP contribution in [-0.2, 0) is 0 Å². The zero-order valence-electron chi connectivity index (χ0n) is 8.74. The van der Waals surface area contributed by atoms with Crippen LogP contribution < -0.4 is 11.1 Å². The lowest BCUT2D eigenvalue weighted by atomic mass is 10.1. The molecule has 2 rings (SSSR count). The predicted molar refractivity (Wildman–Crippen MR) is 66.4 cm³/mol. The van der Waals surface area contributed by atoms with Gasteiger partial charge < -0.3 is 11.1 Å². The minimum absolute atomic E-state index is 0.446. The van der Waals surface area contributed by atoms with Crippen molar-refractivity contribution < 1.29 is 0 Å². The van der Waals surface area contributed by atoms with E-state index in [1.165, 1.54) is 0 Å². The van der Waals surface area contributed by atoms with E-state index in [1.807, 2.05) is 24.3 Å². The summed E-state index contributed by atoms with van der Waals surface area (Å²) < 4.78 is 0. The van der Waals surface area contributed by atoms with E-state index >= 15 is 0 Å². The van der Waals surface area contributed by atoms with Crippen molar-refractivity contribution >= 4 is 23.4 Å². The van der Waals surface area contributed by atoms with Gasteiger partial charge in [0.25, 0.3) is 0 Å². The minimum atomic E-state index is 0.446. The van der Waals surface area contributed by atoms with Crippen molar-refractivity contribution in [3.05, 3.63) is 35.5 Å². The fraction of sp³-hybridized carbons (Fsp3) is 0.0909. The van der Waals surface area contributed by atoms with Crippen molar-refractivity contribution in [1.29, 1.82) is 0 Å². The van der Waals surface area contributed by atoms with Crippen molar-refractivity contribution in [3.8, 4) is 11.1 Å². The van der Waals surface area contributed by atoms with Crippen LogP contribution in [0.25, 0.3) is 11.1 Å². The van der Waals surface area contributed by atoms with Crippen LogP contribution in [0.4, 0.5) is 11.8 Å². The molecule has 2 aromatic rings. The number of nitrogen functional groups attached to an aromatic ring is 1. The van der Waals surface area contributed by atoms with Gasteiger partial charge in [-0.25, -0.2) is 4.98 Å². The second kappa shape index (κ2) is 4.37. The number of nitrogens with zero attached hydrogens (tertiary/aromatic N) is 2. The second-order valence-corrected chi connectivity index (χ2v) is 3.69. The smallest absolute Gasteiger partial charge is 0.224 e. The molecule has 0 atom stereocenters. The molecule has 0 amide bonds. The lowest BCUT2D eigenvalue weighted by Crippen LogP contribution is -2.01. The summed E-state index contributed by atoms with van der Waals surface area (Å²) >= 11 is 5.81. The van der Waals surface area contributed by atoms with Gasteiger partial charge in [0.1, 0.15) is 5.82 Å². The van der Waals surface area contributed by atoms with E-state index < -0.39 is 0 Å². The normalized spacial score (nSPS) is 10.1. The van der Waals surface area contributed by atoms with E-state index in [9.17, 15) is 0 Å². The average Bonchev–Trinajstić information content (AvgIpc) is 2.30. The number of aromatic nitrogens is 2. The van der Waals surface area contributed by atoms with Gasteiger partial charge in [0.2, 0.25) is 5.95 Å². The summed E-state index contributed by atoms with van der Waals surface area (Å²) in [6.07, 6.45) is 1.69. The van der Waals surface area contributed by atoms with Gasteiger partial charge >= 0.3 is 0 Å². The Morgan fingerprint density at radius 2 is 1.94 bits per heavy atom. The Bertz CT molecular complexity index is 496. The fourth-order valence-electron chi connectivity index (χ4n) is 1.37. The van der Waals surface area contributed by atoms with E-state index in [2.05, 4.69) is 15.3 Å².